The summed E-state index contributed by atoms with van der Waals surface area (Å²) < 4.78 is 16.0. The molecule has 0 atom stereocenters. The lowest BCUT2D eigenvalue weighted by molar-refractivity contribution is -0.119. The Bertz CT molecular complexity index is 1730. The highest BCUT2D eigenvalue weighted by Crippen LogP contribution is 2.40. The molecule has 0 saturated heterocycles. The van der Waals surface area contributed by atoms with E-state index in [2.05, 4.69) is 30.4 Å². The van der Waals surface area contributed by atoms with Gasteiger partial charge in [-0.05, 0) is 43.7 Å². The number of aromatic nitrogens is 6. The van der Waals surface area contributed by atoms with Crippen LogP contribution in [-0.4, -0.2) is 41.4 Å². The minimum Gasteiger partial charge on any atom is -0.310 e. The minimum atomic E-state index is -0.998. The normalized spacial score (nSPS) is 13.9. The lowest BCUT2D eigenvalue weighted by Gasteiger charge is -2.17. The van der Waals surface area contributed by atoms with E-state index < -0.39 is 5.41 Å². The van der Waals surface area contributed by atoms with Crippen molar-refractivity contribution in [3.05, 3.63) is 95.3 Å². The topological polar surface area (TPSA) is 116 Å². The molecule has 0 spiro atoms. The van der Waals surface area contributed by atoms with Gasteiger partial charge in [0, 0.05) is 36.1 Å². The van der Waals surface area contributed by atoms with Crippen LogP contribution in [0, 0.1) is 5.82 Å². The van der Waals surface area contributed by atoms with Crippen LogP contribution in [0.4, 0.5) is 10.2 Å². The van der Waals surface area contributed by atoms with Gasteiger partial charge in [-0.3, -0.25) is 14.6 Å². The van der Waals surface area contributed by atoms with Crippen molar-refractivity contribution < 1.29 is 14.0 Å². The van der Waals surface area contributed by atoms with Gasteiger partial charge in [-0.1, -0.05) is 24.3 Å². The Balaban J connectivity index is 1.51. The lowest BCUT2D eigenvalue weighted by Crippen LogP contribution is -2.29. The third kappa shape index (κ3) is 3.90. The molecule has 0 saturated carbocycles. The molecule has 5 aromatic rings. The van der Waals surface area contributed by atoms with E-state index in [1.54, 1.807) is 67.5 Å². The molecule has 38 heavy (non-hydrogen) atoms. The summed E-state index contributed by atoms with van der Waals surface area (Å²) in [5.41, 5.74) is 1.67. The molecule has 1 amide bonds. The molecule has 0 radical (unpaired) electrons. The molecule has 1 aliphatic heterocycles. The molecule has 9 nitrogen and oxygen atoms in total. The van der Waals surface area contributed by atoms with Gasteiger partial charge in [0.05, 0.1) is 17.3 Å². The van der Waals surface area contributed by atoms with Crippen LogP contribution < -0.4 is 5.32 Å². The van der Waals surface area contributed by atoms with Gasteiger partial charge in [0.1, 0.15) is 23.0 Å². The highest BCUT2D eigenvalue weighted by molar-refractivity contribution is 6.10. The van der Waals surface area contributed by atoms with Gasteiger partial charge >= 0.3 is 0 Å². The number of hydrogen-bond acceptors (Lipinski definition) is 7. The van der Waals surface area contributed by atoms with Crippen LogP contribution in [0.1, 0.15) is 41.0 Å². The number of anilines is 1. The van der Waals surface area contributed by atoms with Crippen molar-refractivity contribution in [1.82, 2.24) is 29.7 Å². The molecule has 0 aliphatic carbocycles. The van der Waals surface area contributed by atoms with Crippen LogP contribution in [-0.2, 0) is 23.2 Å². The largest absolute Gasteiger partial charge is 0.310 e. The number of carbonyl (C=O) groups is 2. The number of ketones is 1. The smallest absolute Gasteiger partial charge is 0.235 e. The van der Waals surface area contributed by atoms with Gasteiger partial charge in [0.15, 0.2) is 17.3 Å². The fourth-order valence-electron chi connectivity index (χ4n) is 4.67. The summed E-state index contributed by atoms with van der Waals surface area (Å²) >= 11 is 0. The molecule has 1 aromatic carbocycles. The van der Waals surface area contributed by atoms with Crippen LogP contribution in [0.2, 0.25) is 0 Å². The molecule has 5 heterocycles. The van der Waals surface area contributed by atoms with Crippen LogP contribution in [0.15, 0.2) is 67.1 Å². The average Bonchev–Trinajstić information content (AvgIpc) is 3.39. The van der Waals surface area contributed by atoms with Crippen LogP contribution in [0.25, 0.3) is 22.6 Å². The van der Waals surface area contributed by atoms with Crippen LogP contribution >= 0.6 is 0 Å². The van der Waals surface area contributed by atoms with Gasteiger partial charge in [-0.15, -0.1) is 0 Å². The van der Waals surface area contributed by atoms with E-state index in [9.17, 15) is 14.0 Å². The first-order valence-corrected chi connectivity index (χ1v) is 12.0. The first kappa shape index (κ1) is 23.5. The van der Waals surface area contributed by atoms with Crippen LogP contribution in [0.5, 0.6) is 0 Å². The second-order valence-corrected chi connectivity index (χ2v) is 9.63. The van der Waals surface area contributed by atoms with Crippen molar-refractivity contribution in [2.24, 2.45) is 0 Å². The standard InChI is InChI=1S/C28H22FN7O2/c1-28(2)21-23(20(37)13-16-7-5-11-30-14-16)32-25(33-24(21)34-27(28)38)22-18-9-6-12-31-26(18)36(35-22)15-17-8-3-4-10-19(17)29/h3-12,14H,13,15H2,1-2H3,(H,32,33,34,38). The van der Waals surface area contributed by atoms with Gasteiger partial charge in [0.25, 0.3) is 0 Å². The van der Waals surface area contributed by atoms with Gasteiger partial charge in [-0.2, -0.15) is 5.10 Å². The predicted molar refractivity (Wildman–Crippen MR) is 138 cm³/mol. The maximum atomic E-state index is 14.4. The Hall–Kier alpha value is -4.86. The minimum absolute atomic E-state index is 0.0605. The third-order valence-electron chi connectivity index (χ3n) is 6.68. The maximum absolute atomic E-state index is 14.4. The van der Waals surface area contributed by atoms with Crippen molar-refractivity contribution in [2.45, 2.75) is 32.2 Å². The number of nitrogens with one attached hydrogen (secondary N) is 1. The first-order valence-electron chi connectivity index (χ1n) is 12.0. The number of pyridine rings is 2. The second kappa shape index (κ2) is 8.91. The predicted octanol–water partition coefficient (Wildman–Crippen LogP) is 4.13. The number of carbonyl (C=O) groups excluding carboxylic acids is 2. The highest BCUT2D eigenvalue weighted by Gasteiger charge is 2.44. The summed E-state index contributed by atoms with van der Waals surface area (Å²) in [6, 6.07) is 13.6. The Kier molecular flexibility index (Phi) is 5.52. The summed E-state index contributed by atoms with van der Waals surface area (Å²) in [5, 5.41) is 8.13. The number of Topliss-reactive ketones (excluding diaryl/α,β-unsaturated/α-hetero) is 1. The number of halogens is 1. The molecule has 0 bridgehead atoms. The number of fused-ring (bicyclic) bond motifs is 2. The summed E-state index contributed by atoms with van der Waals surface area (Å²) in [4.78, 5) is 44.2. The molecule has 188 valence electrons. The highest BCUT2D eigenvalue weighted by atomic mass is 19.1. The fraction of sp³-hybridized carbons (Fsp3) is 0.179. The van der Waals surface area contributed by atoms with E-state index >= 15 is 0 Å². The molecule has 0 fully saturated rings. The lowest BCUT2D eigenvalue weighted by atomic mass is 9.84. The number of rotatable bonds is 6. The van der Waals surface area contributed by atoms with E-state index in [1.165, 1.54) is 6.07 Å². The van der Waals surface area contributed by atoms with Crippen molar-refractivity contribution in [3.8, 4) is 11.5 Å². The Labute approximate surface area is 216 Å². The fourth-order valence-corrected chi connectivity index (χ4v) is 4.67. The van der Waals surface area contributed by atoms with Crippen molar-refractivity contribution in [2.75, 3.05) is 5.32 Å². The summed E-state index contributed by atoms with van der Waals surface area (Å²) in [5.74, 6) is -0.445. The third-order valence-corrected chi connectivity index (χ3v) is 6.68. The molecule has 10 heteroatoms. The molecule has 4 aromatic heterocycles. The zero-order chi connectivity index (χ0) is 26.4. The molecular formula is C28H22FN7O2. The number of hydrogen-bond donors (Lipinski definition) is 1. The SMILES string of the molecule is CC1(C)C(=O)Nc2nc(-c3nn(Cc4ccccc4F)c4ncccc34)nc(C(=O)Cc3cccnc3)c21. The van der Waals surface area contributed by atoms with E-state index in [0.29, 0.717) is 27.9 Å². The summed E-state index contributed by atoms with van der Waals surface area (Å²) in [6.07, 6.45) is 4.95. The number of nitrogens with zero attached hydrogens (tertiary/aromatic N) is 6. The van der Waals surface area contributed by atoms with Gasteiger partial charge < -0.3 is 5.32 Å². The Morgan fingerprint density at radius 2 is 1.87 bits per heavy atom. The molecule has 6 rings (SSSR count). The molecule has 0 unspecified atom stereocenters. The summed E-state index contributed by atoms with van der Waals surface area (Å²) in [7, 11) is 0. The quantitative estimate of drug-likeness (QED) is 0.344. The maximum Gasteiger partial charge on any atom is 0.235 e. The summed E-state index contributed by atoms with van der Waals surface area (Å²) in [6.45, 7) is 3.61. The molecule has 1 aliphatic rings. The zero-order valence-electron chi connectivity index (χ0n) is 20.6. The monoisotopic (exact) mass is 507 g/mol. The van der Waals surface area contributed by atoms with Crippen LogP contribution in [0.3, 0.4) is 0 Å². The van der Waals surface area contributed by atoms with Gasteiger partial charge in [0.2, 0.25) is 5.91 Å². The number of amides is 1. The van der Waals surface area contributed by atoms with E-state index in [1.807, 2.05) is 12.1 Å². The average molecular weight is 508 g/mol. The van der Waals surface area contributed by atoms with Crippen molar-refractivity contribution in [3.63, 3.8) is 0 Å². The van der Waals surface area contributed by atoms with E-state index in [0.717, 1.165) is 5.56 Å². The number of benzene rings is 1. The van der Waals surface area contributed by atoms with Gasteiger partial charge in [-0.25, -0.2) is 24.0 Å². The van der Waals surface area contributed by atoms with Crippen molar-refractivity contribution >= 4 is 28.5 Å². The zero-order valence-corrected chi connectivity index (χ0v) is 20.6. The second-order valence-electron chi connectivity index (χ2n) is 9.63. The van der Waals surface area contributed by atoms with E-state index in [-0.39, 0.29) is 47.8 Å². The first-order chi connectivity index (χ1) is 18.3. The molecular weight excluding hydrogens is 485 g/mol. The Morgan fingerprint density at radius 3 is 2.66 bits per heavy atom. The molecule has 1 N–H and O–H groups in total. The Morgan fingerprint density at radius 1 is 1.05 bits per heavy atom. The van der Waals surface area contributed by atoms with Crippen molar-refractivity contribution in [1.29, 1.82) is 0 Å². The van der Waals surface area contributed by atoms with E-state index in [4.69, 9.17) is 0 Å².